The van der Waals surface area contributed by atoms with E-state index in [-0.39, 0.29) is 29.2 Å². The maximum absolute atomic E-state index is 13.4. The van der Waals surface area contributed by atoms with Gasteiger partial charge < -0.3 is 42.1 Å². The molecule has 0 aliphatic carbocycles. The first kappa shape index (κ1) is 59.8. The number of aryl methyl sites for hydroxylation is 2. The van der Waals surface area contributed by atoms with Gasteiger partial charge in [-0.25, -0.2) is 9.59 Å². The normalized spacial score (nSPS) is 19.1. The van der Waals surface area contributed by atoms with Crippen LogP contribution in [-0.4, -0.2) is 87.4 Å². The topological polar surface area (TPSA) is 117 Å². The largest absolute Gasteiger partial charge is 0.640 e. The second kappa shape index (κ2) is 23.5. The Hall–Kier alpha value is -2.87. The van der Waals surface area contributed by atoms with Gasteiger partial charge in [0.15, 0.2) is 0 Å². The van der Waals surface area contributed by atoms with Crippen molar-refractivity contribution in [3.05, 3.63) is 57.3 Å². The van der Waals surface area contributed by atoms with Crippen molar-refractivity contribution in [1.82, 2.24) is 0 Å². The lowest BCUT2D eigenvalue weighted by Crippen LogP contribution is -2.41. The first-order valence-electron chi connectivity index (χ1n) is 26.9. The molecule has 11 nitrogen and oxygen atoms in total. The Kier molecular flexibility index (Phi) is 18.7. The van der Waals surface area contributed by atoms with Crippen molar-refractivity contribution in [2.24, 2.45) is 0 Å². The van der Waals surface area contributed by atoms with Crippen LogP contribution in [0.4, 0.5) is 0 Å². The van der Waals surface area contributed by atoms with Crippen LogP contribution in [0, 0.1) is 0 Å². The number of hydrogen-bond donors (Lipinski definition) is 0. The van der Waals surface area contributed by atoms with Gasteiger partial charge >= 0.3 is 33.5 Å². The fourth-order valence-electron chi connectivity index (χ4n) is 9.43. The molecule has 3 aliphatic heterocycles. The lowest BCUT2D eigenvalue weighted by Gasteiger charge is -2.32. The standard InChI is InChI=1S/C30H42B2O6S2.C18H20O2S2.C9H19BO3/c1-11-12-13-14-15-18-19-16-21(31-35-27(2,3)28(4,5)36-31)39-24(19)25-20(23(18)26(33)34-10)17-22(40-25)32-37-29(6,7)30(8,9)38-32;1-3-4-5-6-7-12-13-8-10-21-16(13)17-14(9-11-22-17)15(12)18(19)20-2;1-7(2)11-10-12-8(3,4)9(5,6)13-10/h16-17H,11-15H2,1-10H3;8-11H,3-7H2,1-2H3;7H,1-6H3. The molecule has 0 atom stereocenters. The van der Waals surface area contributed by atoms with E-state index in [0.717, 1.165) is 84.8 Å². The zero-order valence-corrected chi connectivity index (χ0v) is 51.2. The summed E-state index contributed by atoms with van der Waals surface area (Å²) in [5, 5.41) is 8.47. The molecule has 6 aromatic rings. The monoisotopic (exact) mass is 1100 g/mol. The molecule has 0 unspecified atom stereocenters. The third kappa shape index (κ3) is 12.3. The van der Waals surface area contributed by atoms with Crippen LogP contribution in [0.25, 0.3) is 40.3 Å². The highest BCUT2D eigenvalue weighted by atomic mass is 32.1. The maximum Gasteiger partial charge on any atom is 0.640 e. The zero-order valence-electron chi connectivity index (χ0n) is 48.0. The van der Waals surface area contributed by atoms with Gasteiger partial charge in [-0.15, -0.1) is 45.3 Å². The Bertz CT molecular complexity index is 2910. The molecular weight excluding hydrogens is 1020 g/mol. The SMILES string of the molecule is CC(C)OB1OC(C)(C)C(C)(C)O1.CCCCCCc1c(C(=O)OC)c2cc(B3OC(C)(C)C(C)(C)O3)sc2c2sc(B3OC(C)(C)C(C)(C)O3)cc12.CCCCCCc1c(C(=O)OC)c2ccsc2c2sccc12. The molecule has 2 aromatic carbocycles. The highest BCUT2D eigenvalue weighted by Crippen LogP contribution is 2.45. The van der Waals surface area contributed by atoms with E-state index in [2.05, 4.69) is 104 Å². The number of carbonyl (C=O) groups excluding carboxylic acids is 2. The van der Waals surface area contributed by atoms with Gasteiger partial charge in [-0.1, -0.05) is 52.4 Å². The molecular formula is C57H81B3O11S4. The Morgan fingerprint density at radius 3 is 1.31 bits per heavy atom. The predicted octanol–water partition coefficient (Wildman–Crippen LogP) is 14.6. The third-order valence-corrected chi connectivity index (χ3v) is 20.4. The summed E-state index contributed by atoms with van der Waals surface area (Å²) in [7, 11) is 1.45. The molecule has 0 spiro atoms. The van der Waals surface area contributed by atoms with Crippen molar-refractivity contribution < 1.29 is 51.6 Å². The Morgan fingerprint density at radius 1 is 0.507 bits per heavy atom. The summed E-state index contributed by atoms with van der Waals surface area (Å²) >= 11 is 6.80. The summed E-state index contributed by atoms with van der Waals surface area (Å²) in [5.41, 5.74) is 1.27. The number of esters is 2. The molecule has 7 heterocycles. The Labute approximate surface area is 463 Å². The smallest absolute Gasteiger partial charge is 0.465 e. The minimum Gasteiger partial charge on any atom is -0.465 e. The highest BCUT2D eigenvalue weighted by molar-refractivity contribution is 7.35. The fourth-order valence-corrected chi connectivity index (χ4v) is 13.9. The van der Waals surface area contributed by atoms with Crippen LogP contribution in [0.3, 0.4) is 0 Å². The molecule has 18 heteroatoms. The second-order valence-corrected chi connectivity index (χ2v) is 27.3. The van der Waals surface area contributed by atoms with Crippen molar-refractivity contribution in [3.63, 3.8) is 0 Å². The number of unbranched alkanes of at least 4 members (excludes halogenated alkanes) is 6. The van der Waals surface area contributed by atoms with Gasteiger partial charge in [0.05, 0.1) is 77.8 Å². The van der Waals surface area contributed by atoms with E-state index in [9.17, 15) is 9.59 Å². The summed E-state index contributed by atoms with van der Waals surface area (Å²) in [5.74, 6) is -0.513. The molecule has 0 bridgehead atoms. The molecule has 9 rings (SSSR count). The van der Waals surface area contributed by atoms with Gasteiger partial charge in [-0.2, -0.15) is 0 Å². The lowest BCUT2D eigenvalue weighted by atomic mass is 9.85. The molecule has 408 valence electrons. The highest BCUT2D eigenvalue weighted by Gasteiger charge is 2.55. The molecule has 0 saturated carbocycles. The van der Waals surface area contributed by atoms with Crippen molar-refractivity contribution in [3.8, 4) is 0 Å². The number of fused-ring (bicyclic) bond motifs is 6. The maximum atomic E-state index is 13.4. The van der Waals surface area contributed by atoms with Crippen molar-refractivity contribution >= 4 is 129 Å². The summed E-state index contributed by atoms with van der Waals surface area (Å²) in [6.45, 7) is 32.9. The number of thiophene rings is 4. The average Bonchev–Trinajstić information content (AvgIpc) is 4.20. The van der Waals surface area contributed by atoms with Gasteiger partial charge in [0, 0.05) is 26.4 Å². The van der Waals surface area contributed by atoms with E-state index in [4.69, 9.17) is 42.1 Å². The molecule has 0 N–H and O–H groups in total. The number of methoxy groups -OCH3 is 2. The third-order valence-electron chi connectivity index (χ3n) is 16.0. The summed E-state index contributed by atoms with van der Waals surface area (Å²) in [6, 6.07) is 8.47. The van der Waals surface area contributed by atoms with Crippen LogP contribution in [-0.2, 0) is 54.9 Å². The second-order valence-electron chi connectivity index (χ2n) is 23.3. The molecule has 3 fully saturated rings. The molecule has 0 amide bonds. The Balaban J connectivity index is 0.000000194. The lowest BCUT2D eigenvalue weighted by molar-refractivity contribution is 0.00578. The predicted molar refractivity (Wildman–Crippen MR) is 317 cm³/mol. The summed E-state index contributed by atoms with van der Waals surface area (Å²) in [6.07, 6.45) is 11.1. The van der Waals surface area contributed by atoms with E-state index in [1.807, 2.05) is 41.5 Å². The molecule has 4 aromatic heterocycles. The minimum atomic E-state index is -0.523. The van der Waals surface area contributed by atoms with Gasteiger partial charge in [-0.05, 0) is 180 Å². The minimum absolute atomic E-state index is 0.120. The molecule has 0 radical (unpaired) electrons. The van der Waals surface area contributed by atoms with Crippen LogP contribution in [0.1, 0.15) is 194 Å². The van der Waals surface area contributed by atoms with Gasteiger partial charge in [0.2, 0.25) is 0 Å². The van der Waals surface area contributed by atoms with Gasteiger partial charge in [0.1, 0.15) is 0 Å². The summed E-state index contributed by atoms with van der Waals surface area (Å²) < 4.78 is 59.5. The molecule has 3 aliphatic rings. The number of rotatable bonds is 16. The first-order valence-corrected chi connectivity index (χ1v) is 30.3. The number of carbonyl (C=O) groups is 2. The van der Waals surface area contributed by atoms with Crippen molar-refractivity contribution in [1.29, 1.82) is 0 Å². The summed E-state index contributed by atoms with van der Waals surface area (Å²) in [4.78, 5) is 25.8. The van der Waals surface area contributed by atoms with Crippen LogP contribution >= 0.6 is 45.3 Å². The first-order chi connectivity index (χ1) is 35.1. The van der Waals surface area contributed by atoms with E-state index in [1.54, 1.807) is 45.3 Å². The number of ether oxygens (including phenoxy) is 2. The van der Waals surface area contributed by atoms with Crippen molar-refractivity contribution in [2.45, 2.75) is 215 Å². The van der Waals surface area contributed by atoms with Gasteiger partial charge in [-0.3, -0.25) is 0 Å². The van der Waals surface area contributed by atoms with Crippen LogP contribution in [0.15, 0.2) is 35.0 Å². The van der Waals surface area contributed by atoms with Crippen LogP contribution in [0.5, 0.6) is 0 Å². The van der Waals surface area contributed by atoms with E-state index in [1.165, 1.54) is 60.3 Å². The number of benzene rings is 2. The van der Waals surface area contributed by atoms with E-state index in [0.29, 0.717) is 5.56 Å². The number of hydrogen-bond acceptors (Lipinski definition) is 15. The average molecular weight is 1100 g/mol. The van der Waals surface area contributed by atoms with Crippen molar-refractivity contribution in [2.75, 3.05) is 14.2 Å². The van der Waals surface area contributed by atoms with E-state index < -0.39 is 44.0 Å². The van der Waals surface area contributed by atoms with Gasteiger partial charge in [0.25, 0.3) is 0 Å². The van der Waals surface area contributed by atoms with Crippen LogP contribution in [0.2, 0.25) is 0 Å². The van der Waals surface area contributed by atoms with E-state index >= 15 is 0 Å². The van der Waals surface area contributed by atoms with Crippen LogP contribution < -0.4 is 9.55 Å². The Morgan fingerprint density at radius 2 is 0.880 bits per heavy atom. The molecule has 75 heavy (non-hydrogen) atoms. The molecule has 3 saturated heterocycles. The quantitative estimate of drug-likeness (QED) is 0.0524. The zero-order chi connectivity index (χ0) is 55.1. The fraction of sp³-hybridized carbons (Fsp3) is 0.614.